The summed E-state index contributed by atoms with van der Waals surface area (Å²) in [6, 6.07) is 2.92. The Balaban J connectivity index is 2.95. The summed E-state index contributed by atoms with van der Waals surface area (Å²) in [6.45, 7) is 1.45. The second-order valence-corrected chi connectivity index (χ2v) is 3.40. The number of carbonyl (C=O) groups is 1. The first-order chi connectivity index (χ1) is 5.61. The third-order valence-corrected chi connectivity index (χ3v) is 1.99. The van der Waals surface area contributed by atoms with Gasteiger partial charge in [0.25, 0.3) is 0 Å². The van der Waals surface area contributed by atoms with E-state index in [4.69, 9.17) is 5.73 Å². The zero-order valence-corrected chi connectivity index (χ0v) is 8.21. The molecular weight excluding hydrogens is 220 g/mol. The molecule has 1 rings (SSSR count). The lowest BCUT2D eigenvalue weighted by Gasteiger charge is -2.06. The van der Waals surface area contributed by atoms with Crippen LogP contribution in [0.5, 0.6) is 0 Å². The molecule has 0 aliphatic rings. The number of halogens is 1. The Hall–Kier alpha value is -0.740. The molecule has 3 nitrogen and oxygen atoms in total. The summed E-state index contributed by atoms with van der Waals surface area (Å²) in [5.74, 6) is -0.0828. The summed E-state index contributed by atoms with van der Waals surface area (Å²) < 4.78 is 0.879. The molecule has 64 valence electrons. The van der Waals surface area contributed by atoms with Gasteiger partial charge in [0.1, 0.15) is 6.04 Å². The predicted molar refractivity (Wildman–Crippen MR) is 49.5 cm³/mol. The van der Waals surface area contributed by atoms with Crippen molar-refractivity contribution in [1.29, 1.82) is 0 Å². The fraction of sp³-hybridized carbons (Fsp3) is 0.250. The van der Waals surface area contributed by atoms with Crippen LogP contribution in [0.15, 0.2) is 22.8 Å². The van der Waals surface area contributed by atoms with Gasteiger partial charge in [-0.2, -0.15) is 0 Å². The number of rotatable bonds is 2. The molecule has 2 N–H and O–H groups in total. The summed E-state index contributed by atoms with van der Waals surface area (Å²) >= 11 is 3.27. The van der Waals surface area contributed by atoms with Crippen LogP contribution in [0.2, 0.25) is 0 Å². The Labute approximate surface area is 79.1 Å². The van der Waals surface area contributed by atoms with Gasteiger partial charge < -0.3 is 5.73 Å². The third-order valence-electron chi connectivity index (χ3n) is 1.50. The topological polar surface area (TPSA) is 56.0 Å². The largest absolute Gasteiger partial charge is 0.317 e. The van der Waals surface area contributed by atoms with Crippen LogP contribution in [0.4, 0.5) is 0 Å². The Morgan fingerprint density at radius 1 is 1.75 bits per heavy atom. The highest BCUT2D eigenvalue weighted by atomic mass is 79.9. The molecule has 0 bridgehead atoms. The van der Waals surface area contributed by atoms with Gasteiger partial charge in [-0.05, 0) is 19.1 Å². The van der Waals surface area contributed by atoms with Crippen LogP contribution in [0.25, 0.3) is 0 Å². The standard InChI is InChI=1S/C8H9BrN2O/c1-5(12)8(10)7-4-6(9)2-3-11-7/h2-4,8H,10H2,1H3. The highest BCUT2D eigenvalue weighted by molar-refractivity contribution is 9.10. The highest BCUT2D eigenvalue weighted by Crippen LogP contribution is 2.14. The fourth-order valence-electron chi connectivity index (χ4n) is 0.800. The number of nitrogens with two attached hydrogens (primary N) is 1. The van der Waals surface area contributed by atoms with Gasteiger partial charge >= 0.3 is 0 Å². The number of nitrogens with zero attached hydrogens (tertiary/aromatic N) is 1. The average Bonchev–Trinajstić information content (AvgIpc) is 2.03. The molecule has 0 fully saturated rings. The molecule has 1 unspecified atom stereocenters. The van der Waals surface area contributed by atoms with E-state index in [2.05, 4.69) is 20.9 Å². The second kappa shape index (κ2) is 3.78. The van der Waals surface area contributed by atoms with Crippen LogP contribution in [0, 0.1) is 0 Å². The molecule has 1 heterocycles. The van der Waals surface area contributed by atoms with Gasteiger partial charge in [0.15, 0.2) is 5.78 Å². The van der Waals surface area contributed by atoms with Gasteiger partial charge in [-0.25, -0.2) is 0 Å². The zero-order chi connectivity index (χ0) is 9.14. The SMILES string of the molecule is CC(=O)C(N)c1cc(Br)ccn1. The predicted octanol–water partition coefficient (Wildman–Crippen LogP) is 1.43. The first-order valence-corrected chi connectivity index (χ1v) is 4.28. The summed E-state index contributed by atoms with van der Waals surface area (Å²) in [5, 5.41) is 0. The number of hydrogen-bond acceptors (Lipinski definition) is 3. The van der Waals surface area contributed by atoms with E-state index >= 15 is 0 Å². The number of hydrogen-bond donors (Lipinski definition) is 1. The van der Waals surface area contributed by atoms with Gasteiger partial charge in [-0.15, -0.1) is 0 Å². The lowest BCUT2D eigenvalue weighted by Crippen LogP contribution is -2.19. The van der Waals surface area contributed by atoms with Crippen molar-refractivity contribution in [2.24, 2.45) is 5.73 Å². The molecule has 0 amide bonds. The van der Waals surface area contributed by atoms with E-state index in [-0.39, 0.29) is 5.78 Å². The number of carbonyl (C=O) groups excluding carboxylic acids is 1. The van der Waals surface area contributed by atoms with Crippen LogP contribution in [0.3, 0.4) is 0 Å². The van der Waals surface area contributed by atoms with Crippen LogP contribution in [0.1, 0.15) is 18.7 Å². The number of pyridine rings is 1. The van der Waals surface area contributed by atoms with Gasteiger partial charge in [0.2, 0.25) is 0 Å². The molecule has 4 heteroatoms. The van der Waals surface area contributed by atoms with Gasteiger partial charge in [0.05, 0.1) is 5.69 Å². The molecular formula is C8H9BrN2O. The molecule has 1 aromatic rings. The molecule has 0 saturated heterocycles. The van der Waals surface area contributed by atoms with Crippen molar-refractivity contribution in [1.82, 2.24) is 4.98 Å². The Morgan fingerprint density at radius 2 is 2.42 bits per heavy atom. The lowest BCUT2D eigenvalue weighted by atomic mass is 10.1. The first-order valence-electron chi connectivity index (χ1n) is 3.48. The van der Waals surface area contributed by atoms with Crippen molar-refractivity contribution in [2.45, 2.75) is 13.0 Å². The van der Waals surface area contributed by atoms with Gasteiger partial charge in [-0.1, -0.05) is 15.9 Å². The zero-order valence-electron chi connectivity index (χ0n) is 6.62. The van der Waals surface area contributed by atoms with Crippen molar-refractivity contribution in [3.8, 4) is 0 Å². The van der Waals surface area contributed by atoms with E-state index in [1.54, 1.807) is 18.3 Å². The summed E-state index contributed by atoms with van der Waals surface area (Å²) in [7, 11) is 0. The minimum absolute atomic E-state index is 0.0828. The van der Waals surface area contributed by atoms with E-state index in [9.17, 15) is 4.79 Å². The lowest BCUT2D eigenvalue weighted by molar-refractivity contribution is -0.118. The molecule has 1 aromatic heterocycles. The third kappa shape index (κ3) is 2.12. The van der Waals surface area contributed by atoms with E-state index < -0.39 is 6.04 Å². The Bertz CT molecular complexity index is 301. The maximum Gasteiger partial charge on any atom is 0.152 e. The first kappa shape index (κ1) is 9.35. The summed E-state index contributed by atoms with van der Waals surface area (Å²) in [6.07, 6.45) is 1.61. The van der Waals surface area contributed by atoms with Crippen LogP contribution in [-0.2, 0) is 4.79 Å². The number of Topliss-reactive ketones (excluding diaryl/α,β-unsaturated/α-hetero) is 1. The maximum absolute atomic E-state index is 10.9. The minimum Gasteiger partial charge on any atom is -0.317 e. The Kier molecular flexibility index (Phi) is 2.94. The van der Waals surface area contributed by atoms with E-state index in [1.807, 2.05) is 0 Å². The molecule has 0 aliphatic heterocycles. The number of aromatic nitrogens is 1. The van der Waals surface area contributed by atoms with Crippen molar-refractivity contribution in [2.75, 3.05) is 0 Å². The highest BCUT2D eigenvalue weighted by Gasteiger charge is 2.11. The van der Waals surface area contributed by atoms with Crippen LogP contribution >= 0.6 is 15.9 Å². The van der Waals surface area contributed by atoms with Gasteiger partial charge in [-0.3, -0.25) is 9.78 Å². The molecule has 0 radical (unpaired) electrons. The van der Waals surface area contributed by atoms with Crippen LogP contribution < -0.4 is 5.73 Å². The Morgan fingerprint density at radius 3 is 2.92 bits per heavy atom. The molecule has 0 aromatic carbocycles. The second-order valence-electron chi connectivity index (χ2n) is 2.49. The van der Waals surface area contributed by atoms with Crippen molar-refractivity contribution in [3.05, 3.63) is 28.5 Å². The number of ketones is 1. The minimum atomic E-state index is -0.609. The maximum atomic E-state index is 10.9. The van der Waals surface area contributed by atoms with Gasteiger partial charge in [0, 0.05) is 10.7 Å². The molecule has 0 aliphatic carbocycles. The van der Waals surface area contributed by atoms with E-state index in [0.29, 0.717) is 5.69 Å². The van der Waals surface area contributed by atoms with Crippen LogP contribution in [-0.4, -0.2) is 10.8 Å². The van der Waals surface area contributed by atoms with Crippen molar-refractivity contribution in [3.63, 3.8) is 0 Å². The van der Waals surface area contributed by atoms with E-state index in [0.717, 1.165) is 4.47 Å². The normalized spacial score (nSPS) is 12.6. The quantitative estimate of drug-likeness (QED) is 0.834. The molecule has 0 spiro atoms. The smallest absolute Gasteiger partial charge is 0.152 e. The average molecular weight is 229 g/mol. The van der Waals surface area contributed by atoms with Crippen molar-refractivity contribution < 1.29 is 4.79 Å². The molecule has 12 heavy (non-hydrogen) atoms. The molecule has 1 atom stereocenters. The monoisotopic (exact) mass is 228 g/mol. The fourth-order valence-corrected chi connectivity index (χ4v) is 1.15. The molecule has 0 saturated carbocycles. The summed E-state index contributed by atoms with van der Waals surface area (Å²) in [4.78, 5) is 14.9. The van der Waals surface area contributed by atoms with Crippen molar-refractivity contribution >= 4 is 21.7 Å². The van der Waals surface area contributed by atoms with E-state index in [1.165, 1.54) is 6.92 Å². The summed E-state index contributed by atoms with van der Waals surface area (Å²) in [5.41, 5.74) is 6.17.